The summed E-state index contributed by atoms with van der Waals surface area (Å²) in [7, 11) is 0. The molecule has 0 aliphatic carbocycles. The molecule has 0 fully saturated rings. The van der Waals surface area contributed by atoms with Gasteiger partial charge in [-0.2, -0.15) is 0 Å². The molecule has 0 saturated carbocycles. The molecule has 0 saturated heterocycles. The Morgan fingerprint density at radius 1 is 0.875 bits per heavy atom. The van der Waals surface area contributed by atoms with Crippen LogP contribution in [0.1, 0.15) is 20.7 Å². The summed E-state index contributed by atoms with van der Waals surface area (Å²) >= 11 is -3.58. The molecule has 8 heteroatoms. The number of carboxylic acids is 2. The Kier molecular flexibility index (Phi) is 6.35. The second-order valence-corrected chi connectivity index (χ2v) is 3.35. The third kappa shape index (κ3) is 6.15. The van der Waals surface area contributed by atoms with E-state index < -0.39 is 30.6 Å². The third-order valence-electron chi connectivity index (χ3n) is 1.38. The zero-order valence-corrected chi connectivity index (χ0v) is 9.38. The van der Waals surface area contributed by atoms with Gasteiger partial charge in [0.15, 0.2) is 0 Å². The molecule has 1 rings (SSSR count). The van der Waals surface area contributed by atoms with E-state index in [1.807, 2.05) is 0 Å². The molecule has 86 valence electrons. The molecule has 0 unspecified atom stereocenters. The van der Waals surface area contributed by atoms with E-state index in [1.54, 1.807) is 0 Å². The summed E-state index contributed by atoms with van der Waals surface area (Å²) in [5.74, 6) is -2.13. The van der Waals surface area contributed by atoms with Gasteiger partial charge in [0.2, 0.25) is 0 Å². The molecule has 0 aromatic heterocycles. The van der Waals surface area contributed by atoms with Crippen molar-refractivity contribution in [3.05, 3.63) is 35.4 Å². The van der Waals surface area contributed by atoms with E-state index in [4.69, 9.17) is 20.9 Å². The van der Waals surface area contributed by atoms with E-state index in [1.165, 1.54) is 24.3 Å². The molecule has 0 aliphatic rings. The van der Waals surface area contributed by atoms with Gasteiger partial charge in [0.1, 0.15) is 0 Å². The van der Waals surface area contributed by atoms with E-state index in [0.717, 1.165) is 0 Å². The van der Waals surface area contributed by atoms with E-state index in [9.17, 15) is 9.59 Å². The van der Waals surface area contributed by atoms with Crippen LogP contribution in [0.15, 0.2) is 24.3 Å². The first-order valence-corrected chi connectivity index (χ1v) is 5.86. The van der Waals surface area contributed by atoms with Gasteiger partial charge in [0, 0.05) is 0 Å². The molecule has 0 amide bonds. The van der Waals surface area contributed by atoms with E-state index in [-0.39, 0.29) is 11.1 Å². The summed E-state index contributed by atoms with van der Waals surface area (Å²) in [5.41, 5.74) is 0.167. The van der Waals surface area contributed by atoms with Crippen molar-refractivity contribution in [1.82, 2.24) is 0 Å². The fourth-order valence-corrected chi connectivity index (χ4v) is 0.755. The predicted octanol–water partition coefficient (Wildman–Crippen LogP) is -0.152. The van der Waals surface area contributed by atoms with Crippen LogP contribution in [0.4, 0.5) is 0 Å². The number of benzene rings is 1. The number of hydrogen-bond acceptors (Lipinski definition) is 3. The van der Waals surface area contributed by atoms with Crippen LogP contribution in [0.2, 0.25) is 0 Å². The number of carboxylic acid groups (broad SMARTS) is 2. The monoisotopic (exact) mass is 264 g/mol. The van der Waals surface area contributed by atoms with Crippen LogP contribution in [0.3, 0.4) is 0 Å². The van der Waals surface area contributed by atoms with Gasteiger partial charge in [-0.3, -0.25) is 0 Å². The van der Waals surface area contributed by atoms with Crippen LogP contribution >= 0.6 is 0 Å². The van der Waals surface area contributed by atoms with Crippen LogP contribution in [0.25, 0.3) is 0 Å². The Morgan fingerprint density at radius 3 is 1.19 bits per heavy atom. The van der Waals surface area contributed by atoms with E-state index in [2.05, 4.69) is 0 Å². The van der Waals surface area contributed by atoms with Crippen molar-refractivity contribution in [3.63, 3.8) is 0 Å². The molecule has 0 heterocycles. The van der Waals surface area contributed by atoms with E-state index in [0.29, 0.717) is 0 Å². The Balaban J connectivity index is 0.000000487. The molecule has 0 radical (unpaired) electrons. The van der Waals surface area contributed by atoms with Crippen molar-refractivity contribution in [3.8, 4) is 0 Å². The first-order valence-electron chi connectivity index (χ1n) is 3.83. The van der Waals surface area contributed by atoms with Crippen molar-refractivity contribution in [2.24, 2.45) is 0 Å². The zero-order chi connectivity index (χ0) is 12.7. The van der Waals surface area contributed by atoms with Crippen LogP contribution in [0.5, 0.6) is 0 Å². The molecular weight excluding hydrogens is 256 g/mol. The van der Waals surface area contributed by atoms with Gasteiger partial charge in [0.25, 0.3) is 0 Å². The average Bonchev–Trinajstić information content (AvgIpc) is 2.17. The fraction of sp³-hybridized carbons (Fsp3) is 0. The van der Waals surface area contributed by atoms with Crippen LogP contribution in [0, 0.1) is 0 Å². The molecule has 0 spiro atoms. The molecule has 16 heavy (non-hydrogen) atoms. The quantitative estimate of drug-likeness (QED) is 0.546. The summed E-state index contributed by atoms with van der Waals surface area (Å²) in [6.07, 6.45) is 0. The maximum absolute atomic E-state index is 10.3. The van der Waals surface area contributed by atoms with Gasteiger partial charge in [-0.25, -0.2) is 9.59 Å². The Hall–Kier alpha value is -1.41. The molecule has 0 atom stereocenters. The van der Waals surface area contributed by atoms with Crippen LogP contribution in [-0.4, -0.2) is 29.5 Å². The first kappa shape index (κ1) is 14.6. The number of aromatic carboxylic acids is 2. The molecule has 4 N–H and O–H groups in total. The number of hydrogen-bond donors (Lipinski definition) is 4. The summed E-state index contributed by atoms with van der Waals surface area (Å²) < 4.78 is 23.2. The molecule has 1 aromatic rings. The molecule has 1 aromatic carbocycles. The molecule has 0 aliphatic heterocycles. The first-order chi connectivity index (χ1) is 7.34. The average molecular weight is 264 g/mol. The molecular formula is C8H8O7Ti. The SMILES string of the molecule is O=C(O)c1ccc(C(=O)O)cc1.[O]=[Ti]([OH])[OH]. The summed E-state index contributed by atoms with van der Waals surface area (Å²) in [4.78, 5) is 20.7. The second kappa shape index (κ2) is 6.97. The van der Waals surface area contributed by atoms with Crippen LogP contribution in [-0.2, 0) is 21.9 Å². The van der Waals surface area contributed by atoms with Gasteiger partial charge in [-0.15, -0.1) is 0 Å². The van der Waals surface area contributed by atoms with Crippen molar-refractivity contribution in [1.29, 1.82) is 0 Å². The number of rotatable bonds is 2. The number of carbonyl (C=O) groups is 2. The van der Waals surface area contributed by atoms with Gasteiger partial charge in [-0.1, -0.05) is 0 Å². The van der Waals surface area contributed by atoms with Crippen molar-refractivity contribution in [2.45, 2.75) is 0 Å². The standard InChI is InChI=1S/C8H6O4.2H2O.O.Ti/c9-7(10)5-1-2-6(4-3-5)8(11)12;;;;/h1-4H,(H,9,10)(H,11,12);2*1H2;;/q;;;;+2/p-2. The maximum atomic E-state index is 10.3. The molecule has 0 bridgehead atoms. The van der Waals surface area contributed by atoms with Crippen LogP contribution < -0.4 is 0 Å². The topological polar surface area (TPSA) is 132 Å². The zero-order valence-electron chi connectivity index (χ0n) is 7.82. The van der Waals surface area contributed by atoms with Gasteiger partial charge >= 0.3 is 41.3 Å². The summed E-state index contributed by atoms with van der Waals surface area (Å²) in [5, 5.41) is 16.9. The summed E-state index contributed by atoms with van der Waals surface area (Å²) in [6.45, 7) is 0. The minimum absolute atomic E-state index is 0.0833. The van der Waals surface area contributed by atoms with Crippen molar-refractivity contribution in [2.75, 3.05) is 0 Å². The minimum atomic E-state index is -3.58. The summed E-state index contributed by atoms with van der Waals surface area (Å²) in [6, 6.07) is 5.02. The molecule has 7 nitrogen and oxygen atoms in total. The van der Waals surface area contributed by atoms with Gasteiger partial charge in [0.05, 0.1) is 11.1 Å². The predicted molar refractivity (Wildman–Crippen MR) is 45.5 cm³/mol. The Morgan fingerprint density at radius 2 is 1.06 bits per heavy atom. The third-order valence-corrected chi connectivity index (χ3v) is 1.38. The van der Waals surface area contributed by atoms with Gasteiger partial charge in [-0.05, 0) is 24.3 Å². The van der Waals surface area contributed by atoms with Gasteiger partial charge < -0.3 is 10.2 Å². The van der Waals surface area contributed by atoms with E-state index >= 15 is 0 Å². The Bertz CT molecular complexity index is 360. The normalized spacial score (nSPS) is 8.62. The fourth-order valence-electron chi connectivity index (χ4n) is 0.755. The second-order valence-electron chi connectivity index (χ2n) is 2.47. The van der Waals surface area contributed by atoms with Crippen molar-refractivity contribution >= 4 is 11.9 Å². The van der Waals surface area contributed by atoms with Crippen molar-refractivity contribution < 1.29 is 49.1 Å². The Labute approximate surface area is 96.7 Å².